The normalized spacial score (nSPS) is 11.3. The van der Waals surface area contributed by atoms with Gasteiger partial charge in [0.2, 0.25) is 5.91 Å². The van der Waals surface area contributed by atoms with Crippen LogP contribution in [0.5, 0.6) is 0 Å². The summed E-state index contributed by atoms with van der Waals surface area (Å²) in [5.74, 6) is 0.879. The van der Waals surface area contributed by atoms with Crippen molar-refractivity contribution in [3.05, 3.63) is 101 Å². The van der Waals surface area contributed by atoms with Crippen LogP contribution in [-0.4, -0.2) is 10.9 Å². The van der Waals surface area contributed by atoms with E-state index in [1.165, 1.54) is 6.08 Å². The summed E-state index contributed by atoms with van der Waals surface area (Å²) < 4.78 is 6.93. The van der Waals surface area contributed by atoms with Gasteiger partial charge in [-0.25, -0.2) is 4.98 Å². The number of benzene rings is 3. The second-order valence-corrected chi connectivity index (χ2v) is 9.09. The minimum Gasteiger partial charge on any atom is -0.457 e. The van der Waals surface area contributed by atoms with Crippen LogP contribution >= 0.6 is 34.5 Å². The molecule has 0 atom stereocenters. The minimum absolute atomic E-state index is 0.259. The number of anilines is 1. The topological polar surface area (TPSA) is 55.1 Å². The molecule has 5 rings (SSSR count). The monoisotopic (exact) mass is 490 g/mol. The van der Waals surface area contributed by atoms with Gasteiger partial charge >= 0.3 is 0 Å². The lowest BCUT2D eigenvalue weighted by atomic mass is 10.2. The fourth-order valence-electron chi connectivity index (χ4n) is 3.31. The molecule has 0 saturated heterocycles. The molecule has 0 radical (unpaired) electrons. The van der Waals surface area contributed by atoms with Gasteiger partial charge in [0.15, 0.2) is 0 Å². The Morgan fingerprint density at radius 3 is 2.58 bits per heavy atom. The predicted molar refractivity (Wildman–Crippen MR) is 137 cm³/mol. The number of fused-ring (bicyclic) bond motifs is 1. The maximum absolute atomic E-state index is 12.3. The Hall–Kier alpha value is -3.38. The summed E-state index contributed by atoms with van der Waals surface area (Å²) in [5.41, 5.74) is 3.43. The highest BCUT2D eigenvalue weighted by Gasteiger charge is 2.09. The summed E-state index contributed by atoms with van der Waals surface area (Å²) in [6, 6.07) is 24.4. The van der Waals surface area contributed by atoms with E-state index in [4.69, 9.17) is 27.6 Å². The molecule has 0 unspecified atom stereocenters. The van der Waals surface area contributed by atoms with E-state index in [1.807, 2.05) is 42.5 Å². The van der Waals surface area contributed by atoms with E-state index >= 15 is 0 Å². The number of hydrogen-bond donors (Lipinski definition) is 1. The number of para-hydroxylation sites is 1. The van der Waals surface area contributed by atoms with Gasteiger partial charge in [-0.3, -0.25) is 4.79 Å². The Kier molecular flexibility index (Phi) is 6.01. The first-order valence-corrected chi connectivity index (χ1v) is 11.6. The van der Waals surface area contributed by atoms with Gasteiger partial charge in [-0.2, -0.15) is 0 Å². The molecule has 162 valence electrons. The van der Waals surface area contributed by atoms with Crippen molar-refractivity contribution in [3.63, 3.8) is 0 Å². The largest absolute Gasteiger partial charge is 0.457 e. The van der Waals surface area contributed by atoms with Crippen molar-refractivity contribution in [2.24, 2.45) is 0 Å². The van der Waals surface area contributed by atoms with Crippen molar-refractivity contribution in [2.75, 3.05) is 5.32 Å². The van der Waals surface area contributed by atoms with Crippen molar-refractivity contribution < 1.29 is 9.21 Å². The number of aromatic nitrogens is 1. The van der Waals surface area contributed by atoms with Gasteiger partial charge in [-0.1, -0.05) is 35.3 Å². The molecule has 1 amide bonds. The van der Waals surface area contributed by atoms with Crippen LogP contribution in [0.25, 0.3) is 38.2 Å². The molecule has 1 N–H and O–H groups in total. The number of halogens is 2. The molecule has 3 aromatic carbocycles. The third kappa shape index (κ3) is 4.86. The van der Waals surface area contributed by atoms with Crippen molar-refractivity contribution in [3.8, 4) is 21.9 Å². The average Bonchev–Trinajstić information content (AvgIpc) is 3.45. The van der Waals surface area contributed by atoms with Gasteiger partial charge in [0.1, 0.15) is 16.5 Å². The van der Waals surface area contributed by atoms with E-state index in [2.05, 4.69) is 16.4 Å². The zero-order valence-electron chi connectivity index (χ0n) is 17.1. The van der Waals surface area contributed by atoms with Gasteiger partial charge in [0.25, 0.3) is 0 Å². The molecule has 0 aliphatic heterocycles. The van der Waals surface area contributed by atoms with E-state index in [-0.39, 0.29) is 5.91 Å². The molecule has 0 aliphatic carbocycles. The molecule has 0 bridgehead atoms. The van der Waals surface area contributed by atoms with E-state index in [9.17, 15) is 4.79 Å². The molecule has 0 saturated carbocycles. The van der Waals surface area contributed by atoms with Crippen LogP contribution in [0.2, 0.25) is 10.0 Å². The Morgan fingerprint density at radius 2 is 1.79 bits per heavy atom. The average molecular weight is 491 g/mol. The first kappa shape index (κ1) is 21.5. The molecule has 33 heavy (non-hydrogen) atoms. The number of amides is 1. The summed E-state index contributed by atoms with van der Waals surface area (Å²) in [4.78, 5) is 17.0. The second kappa shape index (κ2) is 9.24. The zero-order chi connectivity index (χ0) is 22.8. The van der Waals surface area contributed by atoms with Crippen LogP contribution in [0.1, 0.15) is 5.76 Å². The van der Waals surface area contributed by atoms with Crippen LogP contribution < -0.4 is 5.32 Å². The van der Waals surface area contributed by atoms with Crippen LogP contribution in [-0.2, 0) is 4.79 Å². The molecule has 2 aromatic heterocycles. The third-order valence-corrected chi connectivity index (χ3v) is 6.55. The second-order valence-electron chi connectivity index (χ2n) is 7.21. The standard InChI is InChI=1S/C26H16Cl2N2O2S/c27-17-7-12-20(21(28)15-17)23-13-10-19(32-23)11-14-25(31)29-18-8-5-16(6-9-18)26-30-22-3-1-2-4-24(22)33-26/h1-15H,(H,29,31). The SMILES string of the molecule is O=C(C=Cc1ccc(-c2ccc(Cl)cc2Cl)o1)Nc1ccc(-c2nc3ccccc3s2)cc1. The van der Waals surface area contributed by atoms with Crippen molar-refractivity contribution in [2.45, 2.75) is 0 Å². The Morgan fingerprint density at radius 1 is 0.970 bits per heavy atom. The summed E-state index contributed by atoms with van der Waals surface area (Å²) in [6.07, 6.45) is 3.03. The van der Waals surface area contributed by atoms with Gasteiger partial charge in [-0.05, 0) is 72.8 Å². The van der Waals surface area contributed by atoms with E-state index in [0.717, 1.165) is 26.4 Å². The predicted octanol–water partition coefficient (Wildman–Crippen LogP) is 8.18. The van der Waals surface area contributed by atoms with Crippen molar-refractivity contribution >= 4 is 62.4 Å². The number of carbonyl (C=O) groups is 1. The Bertz CT molecular complexity index is 1450. The van der Waals surface area contributed by atoms with Gasteiger partial charge in [0, 0.05) is 27.9 Å². The fraction of sp³-hybridized carbons (Fsp3) is 0. The van der Waals surface area contributed by atoms with Gasteiger partial charge in [0.05, 0.1) is 15.2 Å². The van der Waals surface area contributed by atoms with Gasteiger partial charge in [-0.15, -0.1) is 11.3 Å². The lowest BCUT2D eigenvalue weighted by molar-refractivity contribution is -0.111. The lowest BCUT2D eigenvalue weighted by Crippen LogP contribution is -2.07. The molecule has 0 fully saturated rings. The number of thiazole rings is 1. The quantitative estimate of drug-likeness (QED) is 0.252. The lowest BCUT2D eigenvalue weighted by Gasteiger charge is -2.03. The molecule has 5 aromatic rings. The first-order chi connectivity index (χ1) is 16.0. The fourth-order valence-corrected chi connectivity index (χ4v) is 4.78. The molecule has 7 heteroatoms. The maximum atomic E-state index is 12.3. The van der Waals surface area contributed by atoms with Crippen LogP contribution in [0.15, 0.2) is 89.4 Å². The highest BCUT2D eigenvalue weighted by molar-refractivity contribution is 7.21. The number of rotatable bonds is 5. The zero-order valence-corrected chi connectivity index (χ0v) is 19.4. The Balaban J connectivity index is 1.24. The number of hydrogen-bond acceptors (Lipinski definition) is 4. The van der Waals surface area contributed by atoms with Crippen molar-refractivity contribution in [1.29, 1.82) is 0 Å². The van der Waals surface area contributed by atoms with Gasteiger partial charge < -0.3 is 9.73 Å². The van der Waals surface area contributed by atoms with Crippen LogP contribution in [0, 0.1) is 0 Å². The third-order valence-electron chi connectivity index (χ3n) is 4.92. The first-order valence-electron chi connectivity index (χ1n) is 10.1. The van der Waals surface area contributed by atoms with Crippen molar-refractivity contribution in [1.82, 2.24) is 4.98 Å². The minimum atomic E-state index is -0.259. The van der Waals surface area contributed by atoms with Crippen LogP contribution in [0.3, 0.4) is 0 Å². The van der Waals surface area contributed by atoms with E-state index < -0.39 is 0 Å². The summed E-state index contributed by atoms with van der Waals surface area (Å²) in [6.45, 7) is 0. The number of carbonyl (C=O) groups excluding carboxylic acids is 1. The molecular weight excluding hydrogens is 475 g/mol. The highest BCUT2D eigenvalue weighted by atomic mass is 35.5. The molecule has 0 aliphatic rings. The highest BCUT2D eigenvalue weighted by Crippen LogP contribution is 2.32. The maximum Gasteiger partial charge on any atom is 0.248 e. The van der Waals surface area contributed by atoms with E-state index in [0.29, 0.717) is 27.3 Å². The molecule has 0 spiro atoms. The molecule has 4 nitrogen and oxygen atoms in total. The molecular formula is C26H16Cl2N2O2S. The van der Waals surface area contributed by atoms with E-state index in [1.54, 1.807) is 47.7 Å². The number of furan rings is 1. The summed E-state index contributed by atoms with van der Waals surface area (Å²) >= 11 is 13.8. The Labute approximate surface area is 204 Å². The summed E-state index contributed by atoms with van der Waals surface area (Å²) in [5, 5.41) is 4.85. The van der Waals surface area contributed by atoms with Crippen LogP contribution in [0.4, 0.5) is 5.69 Å². The smallest absolute Gasteiger partial charge is 0.248 e. The summed E-state index contributed by atoms with van der Waals surface area (Å²) in [7, 11) is 0. The number of nitrogens with zero attached hydrogens (tertiary/aromatic N) is 1. The molecule has 2 heterocycles. The number of nitrogens with one attached hydrogen (secondary N) is 1.